The quantitative estimate of drug-likeness (QED) is 0.800. The lowest BCUT2D eigenvalue weighted by Gasteiger charge is -1.97. The average Bonchev–Trinajstić information content (AvgIpc) is 2.69. The van der Waals surface area contributed by atoms with Crippen LogP contribution in [-0.4, -0.2) is 24.8 Å². The lowest BCUT2D eigenvalue weighted by atomic mass is 10.1. The standard InChI is InChI=1S/C12H12O4/c1-15-12(14)8-2-3-11-9(6-8)7-10(16-11)4-5-13/h2-3,6-7,13H,4-5H2,1H3. The van der Waals surface area contributed by atoms with Crippen molar-refractivity contribution in [3.63, 3.8) is 0 Å². The van der Waals surface area contributed by atoms with Crippen molar-refractivity contribution in [2.24, 2.45) is 0 Å². The lowest BCUT2D eigenvalue weighted by Crippen LogP contribution is -1.99. The van der Waals surface area contributed by atoms with E-state index >= 15 is 0 Å². The Morgan fingerprint density at radius 3 is 2.94 bits per heavy atom. The number of ether oxygens (including phenoxy) is 1. The fourth-order valence-electron chi connectivity index (χ4n) is 1.58. The van der Waals surface area contributed by atoms with Gasteiger partial charge < -0.3 is 14.3 Å². The Morgan fingerprint density at radius 1 is 1.44 bits per heavy atom. The number of esters is 1. The largest absolute Gasteiger partial charge is 0.465 e. The van der Waals surface area contributed by atoms with Crippen molar-refractivity contribution < 1.29 is 19.1 Å². The number of methoxy groups -OCH3 is 1. The van der Waals surface area contributed by atoms with Crippen molar-refractivity contribution in [2.75, 3.05) is 13.7 Å². The molecular formula is C12H12O4. The summed E-state index contributed by atoms with van der Waals surface area (Å²) in [5.74, 6) is 0.339. The molecule has 0 aliphatic rings. The number of benzene rings is 1. The molecule has 2 rings (SSSR count). The van der Waals surface area contributed by atoms with Gasteiger partial charge in [-0.1, -0.05) is 0 Å². The SMILES string of the molecule is COC(=O)c1ccc2oc(CCO)cc2c1. The van der Waals surface area contributed by atoms with Gasteiger partial charge in [0.25, 0.3) is 0 Å². The summed E-state index contributed by atoms with van der Waals surface area (Å²) in [7, 11) is 1.35. The Morgan fingerprint density at radius 2 is 2.25 bits per heavy atom. The number of carbonyl (C=O) groups excluding carboxylic acids is 1. The first kappa shape index (κ1) is 10.7. The number of hydrogen-bond acceptors (Lipinski definition) is 4. The summed E-state index contributed by atoms with van der Waals surface area (Å²) < 4.78 is 10.1. The van der Waals surface area contributed by atoms with Gasteiger partial charge in [-0.2, -0.15) is 0 Å². The van der Waals surface area contributed by atoms with Gasteiger partial charge in [-0.25, -0.2) is 4.79 Å². The summed E-state index contributed by atoms with van der Waals surface area (Å²) in [5, 5.41) is 9.63. The molecule has 0 aliphatic heterocycles. The second-order valence-electron chi connectivity index (χ2n) is 3.43. The number of furan rings is 1. The van der Waals surface area contributed by atoms with Gasteiger partial charge in [0.15, 0.2) is 0 Å². The number of rotatable bonds is 3. The zero-order valence-electron chi connectivity index (χ0n) is 8.90. The van der Waals surface area contributed by atoms with Gasteiger partial charge in [-0.05, 0) is 24.3 Å². The fourth-order valence-corrected chi connectivity index (χ4v) is 1.58. The third-order valence-electron chi connectivity index (χ3n) is 2.35. The molecule has 0 radical (unpaired) electrons. The molecule has 0 fully saturated rings. The maximum Gasteiger partial charge on any atom is 0.337 e. The van der Waals surface area contributed by atoms with Crippen LogP contribution in [0.3, 0.4) is 0 Å². The minimum absolute atomic E-state index is 0.0453. The molecule has 16 heavy (non-hydrogen) atoms. The van der Waals surface area contributed by atoms with Crippen LogP contribution in [0.4, 0.5) is 0 Å². The van der Waals surface area contributed by atoms with Crippen molar-refractivity contribution in [1.29, 1.82) is 0 Å². The summed E-state index contributed by atoms with van der Waals surface area (Å²) in [5.41, 5.74) is 1.20. The Kier molecular flexibility index (Phi) is 2.92. The van der Waals surface area contributed by atoms with Crippen LogP contribution in [0.5, 0.6) is 0 Å². The van der Waals surface area contributed by atoms with Gasteiger partial charge in [0, 0.05) is 11.8 Å². The first-order chi connectivity index (χ1) is 7.74. The first-order valence-electron chi connectivity index (χ1n) is 4.96. The highest BCUT2D eigenvalue weighted by molar-refractivity contribution is 5.94. The van der Waals surface area contributed by atoms with E-state index in [9.17, 15) is 4.79 Å². The zero-order chi connectivity index (χ0) is 11.5. The molecule has 2 aromatic rings. The Hall–Kier alpha value is -1.81. The van der Waals surface area contributed by atoms with E-state index in [1.165, 1.54) is 7.11 Å². The lowest BCUT2D eigenvalue weighted by molar-refractivity contribution is 0.0601. The van der Waals surface area contributed by atoms with Crippen LogP contribution in [0.25, 0.3) is 11.0 Å². The summed E-state index contributed by atoms with van der Waals surface area (Å²) in [6.45, 7) is 0.0453. The number of hydrogen-bond donors (Lipinski definition) is 1. The van der Waals surface area contributed by atoms with Crippen molar-refractivity contribution in [1.82, 2.24) is 0 Å². The minimum Gasteiger partial charge on any atom is -0.465 e. The molecule has 1 N–H and O–H groups in total. The highest BCUT2D eigenvalue weighted by atomic mass is 16.5. The van der Waals surface area contributed by atoms with Crippen LogP contribution in [-0.2, 0) is 11.2 Å². The molecule has 1 heterocycles. The summed E-state index contributed by atoms with van der Waals surface area (Å²) >= 11 is 0. The van der Waals surface area contributed by atoms with Gasteiger partial charge in [-0.3, -0.25) is 0 Å². The van der Waals surface area contributed by atoms with E-state index in [-0.39, 0.29) is 12.6 Å². The van der Waals surface area contributed by atoms with E-state index in [0.29, 0.717) is 23.3 Å². The third kappa shape index (κ3) is 1.92. The van der Waals surface area contributed by atoms with Crippen molar-refractivity contribution in [2.45, 2.75) is 6.42 Å². The normalized spacial score (nSPS) is 10.6. The molecular weight excluding hydrogens is 208 g/mol. The molecule has 0 spiro atoms. The van der Waals surface area contributed by atoms with Gasteiger partial charge in [-0.15, -0.1) is 0 Å². The predicted molar refractivity (Wildman–Crippen MR) is 58.3 cm³/mol. The van der Waals surface area contributed by atoms with Crippen LogP contribution in [0.1, 0.15) is 16.1 Å². The Balaban J connectivity index is 2.41. The van der Waals surface area contributed by atoms with E-state index in [1.54, 1.807) is 18.2 Å². The summed E-state index contributed by atoms with van der Waals surface area (Å²) in [4.78, 5) is 11.3. The smallest absolute Gasteiger partial charge is 0.337 e. The number of aliphatic hydroxyl groups excluding tert-OH is 1. The van der Waals surface area contributed by atoms with E-state index in [1.807, 2.05) is 6.07 Å². The molecule has 0 saturated heterocycles. The highest BCUT2D eigenvalue weighted by Crippen LogP contribution is 2.21. The molecule has 84 valence electrons. The second kappa shape index (κ2) is 4.37. The topological polar surface area (TPSA) is 59.7 Å². The monoisotopic (exact) mass is 220 g/mol. The van der Waals surface area contributed by atoms with Gasteiger partial charge in [0.2, 0.25) is 0 Å². The molecule has 0 aliphatic carbocycles. The van der Waals surface area contributed by atoms with Crippen molar-refractivity contribution in [3.8, 4) is 0 Å². The van der Waals surface area contributed by atoms with Crippen LogP contribution in [0.15, 0.2) is 28.7 Å². The van der Waals surface area contributed by atoms with Crippen LogP contribution in [0.2, 0.25) is 0 Å². The molecule has 0 unspecified atom stereocenters. The molecule has 1 aromatic carbocycles. The molecule has 0 atom stereocenters. The fraction of sp³-hybridized carbons (Fsp3) is 0.250. The number of fused-ring (bicyclic) bond motifs is 1. The Bertz CT molecular complexity index is 513. The van der Waals surface area contributed by atoms with E-state index in [0.717, 1.165) is 5.39 Å². The van der Waals surface area contributed by atoms with Crippen LogP contribution >= 0.6 is 0 Å². The predicted octanol–water partition coefficient (Wildman–Crippen LogP) is 1.75. The van der Waals surface area contributed by atoms with E-state index < -0.39 is 0 Å². The van der Waals surface area contributed by atoms with Crippen LogP contribution in [0, 0.1) is 0 Å². The second-order valence-corrected chi connectivity index (χ2v) is 3.43. The zero-order valence-corrected chi connectivity index (χ0v) is 8.90. The number of aliphatic hydroxyl groups is 1. The minimum atomic E-state index is -0.369. The van der Waals surface area contributed by atoms with Gasteiger partial charge in [0.1, 0.15) is 11.3 Å². The van der Waals surface area contributed by atoms with Crippen molar-refractivity contribution in [3.05, 3.63) is 35.6 Å². The van der Waals surface area contributed by atoms with E-state index in [4.69, 9.17) is 9.52 Å². The molecule has 4 heteroatoms. The molecule has 0 bridgehead atoms. The van der Waals surface area contributed by atoms with Gasteiger partial charge >= 0.3 is 5.97 Å². The summed E-state index contributed by atoms with van der Waals surface area (Å²) in [6.07, 6.45) is 0.474. The first-order valence-corrected chi connectivity index (χ1v) is 4.96. The molecule has 0 saturated carbocycles. The van der Waals surface area contributed by atoms with Crippen molar-refractivity contribution >= 4 is 16.9 Å². The van der Waals surface area contributed by atoms with Gasteiger partial charge in [0.05, 0.1) is 19.3 Å². The Labute approximate surface area is 92.4 Å². The van der Waals surface area contributed by atoms with E-state index in [2.05, 4.69) is 4.74 Å². The highest BCUT2D eigenvalue weighted by Gasteiger charge is 2.09. The maximum absolute atomic E-state index is 11.3. The third-order valence-corrected chi connectivity index (χ3v) is 2.35. The van der Waals surface area contributed by atoms with Crippen LogP contribution < -0.4 is 0 Å². The average molecular weight is 220 g/mol. The molecule has 0 amide bonds. The molecule has 4 nitrogen and oxygen atoms in total. The number of carbonyl (C=O) groups is 1. The molecule has 1 aromatic heterocycles. The summed E-state index contributed by atoms with van der Waals surface area (Å²) in [6, 6.07) is 6.91. The maximum atomic E-state index is 11.3.